The normalized spacial score (nSPS) is 15.3. The second-order valence-electron chi connectivity index (χ2n) is 7.02. The molecule has 0 aliphatic carbocycles. The van der Waals surface area contributed by atoms with E-state index in [9.17, 15) is 9.59 Å². The van der Waals surface area contributed by atoms with Gasteiger partial charge in [0.2, 0.25) is 5.88 Å². The number of pyridine rings is 1. The molecule has 0 spiro atoms. The van der Waals surface area contributed by atoms with Crippen LogP contribution in [0.5, 0.6) is 11.6 Å². The predicted molar refractivity (Wildman–Crippen MR) is 127 cm³/mol. The van der Waals surface area contributed by atoms with Gasteiger partial charge in [-0.3, -0.25) is 18.9 Å². The van der Waals surface area contributed by atoms with Crippen LogP contribution < -0.4 is 10.3 Å². The summed E-state index contributed by atoms with van der Waals surface area (Å²) in [6.07, 6.45) is 6.17. The highest BCUT2D eigenvalue weighted by atomic mass is 32.2. The minimum atomic E-state index is -0.312. The third-order valence-corrected chi connectivity index (χ3v) is 6.20. The van der Waals surface area contributed by atoms with Gasteiger partial charge in [-0.25, -0.2) is 0 Å². The minimum Gasteiger partial charge on any atom is -0.438 e. The van der Waals surface area contributed by atoms with Gasteiger partial charge in [-0.2, -0.15) is 4.98 Å². The fraction of sp³-hybridized carbons (Fsp3) is 0.217. The van der Waals surface area contributed by atoms with Crippen molar-refractivity contribution in [2.24, 2.45) is 0 Å². The number of benzene rings is 1. The van der Waals surface area contributed by atoms with Crippen LogP contribution in [0, 0.1) is 0 Å². The molecular weight excluding hydrogens is 430 g/mol. The third-order valence-electron chi connectivity index (χ3n) is 4.83. The number of fused-ring (bicyclic) bond motifs is 1. The summed E-state index contributed by atoms with van der Waals surface area (Å²) in [5.41, 5.74) is 0.358. The van der Waals surface area contributed by atoms with E-state index in [1.807, 2.05) is 18.2 Å². The van der Waals surface area contributed by atoms with Crippen LogP contribution in [0.2, 0.25) is 0 Å². The Morgan fingerprint density at radius 1 is 1.10 bits per heavy atom. The largest absolute Gasteiger partial charge is 0.438 e. The zero-order valence-electron chi connectivity index (χ0n) is 17.0. The first-order valence-corrected chi connectivity index (χ1v) is 11.3. The number of aromatic nitrogens is 2. The Bertz CT molecular complexity index is 1220. The number of ether oxygens (including phenoxy) is 1. The average Bonchev–Trinajstić information content (AvgIpc) is 3.04. The van der Waals surface area contributed by atoms with Gasteiger partial charge in [0.15, 0.2) is 0 Å². The van der Waals surface area contributed by atoms with Gasteiger partial charge >= 0.3 is 0 Å². The lowest BCUT2D eigenvalue weighted by atomic mass is 10.2. The molecule has 8 heteroatoms. The van der Waals surface area contributed by atoms with Crippen molar-refractivity contribution >= 4 is 45.9 Å². The predicted octanol–water partition coefficient (Wildman–Crippen LogP) is 4.88. The SMILES string of the molecule is CCCCCN1C(=O)/C(=C/c2c(Oc3ccccc3)nc3ccccn3c2=O)SC1=S. The highest BCUT2D eigenvalue weighted by molar-refractivity contribution is 8.26. The molecule has 3 aromatic rings. The molecule has 0 atom stereocenters. The van der Waals surface area contributed by atoms with Gasteiger partial charge in [-0.1, -0.05) is 68.0 Å². The van der Waals surface area contributed by atoms with Crippen molar-refractivity contribution in [1.29, 1.82) is 0 Å². The van der Waals surface area contributed by atoms with Crippen molar-refractivity contribution in [2.45, 2.75) is 26.2 Å². The Balaban J connectivity index is 1.76. The molecule has 158 valence electrons. The van der Waals surface area contributed by atoms with Gasteiger partial charge in [0.1, 0.15) is 21.3 Å². The van der Waals surface area contributed by atoms with E-state index in [2.05, 4.69) is 11.9 Å². The molecule has 31 heavy (non-hydrogen) atoms. The van der Waals surface area contributed by atoms with Crippen LogP contribution >= 0.6 is 24.0 Å². The number of hydrogen-bond donors (Lipinski definition) is 0. The molecule has 0 bridgehead atoms. The summed E-state index contributed by atoms with van der Waals surface area (Å²) in [4.78, 5) is 32.7. The maximum absolute atomic E-state index is 13.2. The second kappa shape index (κ2) is 9.45. The van der Waals surface area contributed by atoms with E-state index in [4.69, 9.17) is 17.0 Å². The van der Waals surface area contributed by atoms with Crippen molar-refractivity contribution in [1.82, 2.24) is 14.3 Å². The zero-order chi connectivity index (χ0) is 21.8. The molecule has 0 saturated carbocycles. The number of para-hydroxylation sites is 1. The Morgan fingerprint density at radius 2 is 1.87 bits per heavy atom. The van der Waals surface area contributed by atoms with E-state index in [1.165, 1.54) is 16.2 Å². The van der Waals surface area contributed by atoms with Crippen molar-refractivity contribution in [3.05, 3.63) is 75.6 Å². The summed E-state index contributed by atoms with van der Waals surface area (Å²) in [5.74, 6) is 0.518. The van der Waals surface area contributed by atoms with E-state index in [-0.39, 0.29) is 22.9 Å². The highest BCUT2D eigenvalue weighted by Gasteiger charge is 2.32. The van der Waals surface area contributed by atoms with E-state index >= 15 is 0 Å². The molecule has 1 saturated heterocycles. The van der Waals surface area contributed by atoms with Gasteiger partial charge in [0.05, 0.1) is 4.91 Å². The number of thiocarbonyl (C=S) groups is 1. The molecule has 4 rings (SSSR count). The first-order chi connectivity index (χ1) is 15.1. The number of nitrogens with zero attached hydrogens (tertiary/aromatic N) is 3. The van der Waals surface area contributed by atoms with Crippen LogP contribution in [0.15, 0.2) is 64.4 Å². The molecule has 3 heterocycles. The Kier molecular flexibility index (Phi) is 6.48. The second-order valence-corrected chi connectivity index (χ2v) is 8.70. The third kappa shape index (κ3) is 4.55. The summed E-state index contributed by atoms with van der Waals surface area (Å²) in [5, 5.41) is 0. The number of carbonyl (C=O) groups excluding carboxylic acids is 1. The Morgan fingerprint density at radius 3 is 2.65 bits per heavy atom. The van der Waals surface area contributed by atoms with Gasteiger partial charge in [-0.05, 0) is 36.8 Å². The Hall–Kier alpha value is -2.97. The molecule has 1 amide bonds. The zero-order valence-corrected chi connectivity index (χ0v) is 18.6. The first kappa shape index (κ1) is 21.3. The molecule has 1 aliphatic rings. The summed E-state index contributed by atoms with van der Waals surface area (Å²) in [7, 11) is 0. The Labute approximate surface area is 189 Å². The topological polar surface area (TPSA) is 63.9 Å². The molecule has 6 nitrogen and oxygen atoms in total. The van der Waals surface area contributed by atoms with Gasteiger partial charge in [0.25, 0.3) is 11.5 Å². The number of hydrogen-bond acceptors (Lipinski definition) is 6. The summed E-state index contributed by atoms with van der Waals surface area (Å²) >= 11 is 6.61. The monoisotopic (exact) mass is 451 g/mol. The van der Waals surface area contributed by atoms with Crippen LogP contribution in [-0.4, -0.2) is 31.1 Å². The van der Waals surface area contributed by atoms with Crippen LogP contribution in [0.1, 0.15) is 31.7 Å². The van der Waals surface area contributed by atoms with E-state index < -0.39 is 0 Å². The van der Waals surface area contributed by atoms with Gasteiger partial charge in [0, 0.05) is 12.7 Å². The smallest absolute Gasteiger partial charge is 0.269 e. The van der Waals surface area contributed by atoms with Crippen molar-refractivity contribution < 1.29 is 9.53 Å². The molecule has 1 aliphatic heterocycles. The average molecular weight is 452 g/mol. The summed E-state index contributed by atoms with van der Waals surface area (Å²) < 4.78 is 7.88. The molecule has 0 N–H and O–H groups in total. The lowest BCUT2D eigenvalue weighted by molar-refractivity contribution is -0.122. The molecule has 0 radical (unpaired) electrons. The fourth-order valence-electron chi connectivity index (χ4n) is 3.23. The number of amides is 1. The number of unbranched alkanes of at least 4 members (excludes halogenated alkanes) is 2. The fourth-order valence-corrected chi connectivity index (χ4v) is 4.52. The lowest BCUT2D eigenvalue weighted by Crippen LogP contribution is -2.29. The van der Waals surface area contributed by atoms with Gasteiger partial charge in [-0.15, -0.1) is 0 Å². The van der Waals surface area contributed by atoms with E-state index in [0.29, 0.717) is 27.2 Å². The maximum Gasteiger partial charge on any atom is 0.269 e. The standard InChI is InChI=1S/C23H21N3O3S2/c1-2-3-8-14-26-22(28)18(31-23(26)30)15-17-20(29-16-10-5-4-6-11-16)24-19-12-7-9-13-25(19)21(17)27/h4-7,9-13,15H,2-3,8,14H2,1H3/b18-15-. The number of thioether (sulfide) groups is 1. The van der Waals surface area contributed by atoms with E-state index in [1.54, 1.807) is 47.5 Å². The molecule has 1 fully saturated rings. The van der Waals surface area contributed by atoms with Crippen LogP contribution in [0.3, 0.4) is 0 Å². The first-order valence-electron chi connectivity index (χ1n) is 10.1. The molecular formula is C23H21N3O3S2. The van der Waals surface area contributed by atoms with Crippen LogP contribution in [0.4, 0.5) is 0 Å². The minimum absolute atomic E-state index is 0.152. The quantitative estimate of drug-likeness (QED) is 0.290. The number of carbonyl (C=O) groups is 1. The maximum atomic E-state index is 13.2. The van der Waals surface area contributed by atoms with Gasteiger partial charge < -0.3 is 4.74 Å². The van der Waals surface area contributed by atoms with Crippen LogP contribution in [-0.2, 0) is 4.79 Å². The van der Waals surface area contributed by atoms with Crippen LogP contribution in [0.25, 0.3) is 11.7 Å². The molecule has 0 unspecified atom stereocenters. The summed E-state index contributed by atoms with van der Waals surface area (Å²) in [6.45, 7) is 2.69. The van der Waals surface area contributed by atoms with Crippen molar-refractivity contribution in [3.8, 4) is 11.6 Å². The summed E-state index contributed by atoms with van der Waals surface area (Å²) in [6, 6.07) is 14.4. The van der Waals surface area contributed by atoms with E-state index in [0.717, 1.165) is 19.3 Å². The molecule has 2 aromatic heterocycles. The van der Waals surface area contributed by atoms with Crippen molar-refractivity contribution in [2.75, 3.05) is 6.54 Å². The molecule has 1 aromatic carbocycles. The number of rotatable bonds is 7. The van der Waals surface area contributed by atoms with Crippen molar-refractivity contribution in [3.63, 3.8) is 0 Å². The highest BCUT2D eigenvalue weighted by Crippen LogP contribution is 2.34. The lowest BCUT2D eigenvalue weighted by Gasteiger charge is -2.13.